The van der Waals surface area contributed by atoms with E-state index in [1.54, 1.807) is 0 Å². The second kappa shape index (κ2) is 6.39. The summed E-state index contributed by atoms with van der Waals surface area (Å²) in [4.78, 5) is 11.4. The third kappa shape index (κ3) is 4.04. The maximum absolute atomic E-state index is 11.4. The van der Waals surface area contributed by atoms with Gasteiger partial charge in [-0.05, 0) is 51.4 Å². The number of hydrogen-bond acceptors (Lipinski definition) is 1. The summed E-state index contributed by atoms with van der Waals surface area (Å²) in [7, 11) is 0. The van der Waals surface area contributed by atoms with E-state index in [1.165, 1.54) is 0 Å². The van der Waals surface area contributed by atoms with Gasteiger partial charge in [0.15, 0.2) is 0 Å². The van der Waals surface area contributed by atoms with Crippen LogP contribution < -0.4 is 10.6 Å². The topological polar surface area (TPSA) is 41.1 Å². The molecule has 0 unspecified atom stereocenters. The molecule has 10 radical (unpaired) electrons. The van der Waals surface area contributed by atoms with E-state index < -0.39 is 0 Å². The van der Waals surface area contributed by atoms with Crippen molar-refractivity contribution in [1.82, 2.24) is 10.6 Å². The Morgan fingerprint density at radius 3 is 1.47 bits per heavy atom. The number of amides is 2. The molecule has 0 aromatic rings. The van der Waals surface area contributed by atoms with E-state index in [0.717, 1.165) is 12.1 Å². The zero-order chi connectivity index (χ0) is 9.80. The van der Waals surface area contributed by atoms with Gasteiger partial charge in [-0.25, -0.2) is 4.79 Å². The van der Waals surface area contributed by atoms with Gasteiger partial charge < -0.3 is 10.6 Å². The molecular weight excluding hydrogens is 232 g/mol. The molecule has 4 heteroatoms. The minimum absolute atomic E-state index is 0. The molecule has 2 fully saturated rings. The van der Waals surface area contributed by atoms with Crippen LogP contribution in [0, 0.1) is 63.5 Å². The van der Waals surface area contributed by atoms with Gasteiger partial charge in [0.25, 0.3) is 0 Å². The summed E-state index contributed by atoms with van der Waals surface area (Å²) in [6.07, 6.45) is 14.8. The van der Waals surface area contributed by atoms with Crippen LogP contribution in [0.4, 0.5) is 4.79 Å². The second-order valence-corrected chi connectivity index (χ2v) is 2.93. The quantitative estimate of drug-likeness (QED) is 0.697. The first kappa shape index (κ1) is 12.9. The summed E-state index contributed by atoms with van der Waals surface area (Å²) in [5, 5.41) is 5.42. The van der Waals surface area contributed by atoms with Crippen molar-refractivity contribution in [1.29, 1.82) is 0 Å². The van der Waals surface area contributed by atoms with Gasteiger partial charge in [-0.3, -0.25) is 0 Å². The summed E-state index contributed by atoms with van der Waals surface area (Å²) in [5.74, 6) is 0. The van der Waals surface area contributed by atoms with E-state index in [0.29, 0.717) is 0 Å². The number of hydrogen-bond donors (Lipinski definition) is 2. The first-order valence-electron chi connectivity index (χ1n) is 4.36. The van der Waals surface area contributed by atoms with Crippen LogP contribution in [0.25, 0.3) is 0 Å². The van der Waals surface area contributed by atoms with Gasteiger partial charge in [0.2, 0.25) is 0 Å². The number of rotatable bonds is 2. The van der Waals surface area contributed by atoms with Crippen LogP contribution >= 0.6 is 0 Å². The molecule has 2 saturated carbocycles. The first-order chi connectivity index (χ1) is 6.84. The monoisotopic (exact) mass is 242 g/mol. The summed E-state index contributed by atoms with van der Waals surface area (Å²) >= 11 is 0. The van der Waals surface area contributed by atoms with Crippen molar-refractivity contribution in [3.8, 4) is 0 Å². The van der Waals surface area contributed by atoms with Crippen molar-refractivity contribution in [2.45, 2.75) is 0 Å². The minimum atomic E-state index is -0.220. The second-order valence-electron chi connectivity index (χ2n) is 2.93. The molecule has 3 nitrogen and oxygen atoms in total. The number of carbonyl (C=O) groups is 1. The van der Waals surface area contributed by atoms with Crippen LogP contribution in [0.15, 0.2) is 0 Å². The Kier molecular flexibility index (Phi) is 5.48. The zero-order valence-electron chi connectivity index (χ0n) is 7.88. The average Bonchev–Trinajstić information content (AvgIpc) is 2.76. The van der Waals surface area contributed by atoms with E-state index in [4.69, 9.17) is 0 Å². The Morgan fingerprint density at radius 1 is 0.800 bits per heavy atom. The van der Waals surface area contributed by atoms with E-state index in [9.17, 15) is 4.79 Å². The zero-order valence-corrected chi connectivity index (χ0v) is 8.98. The van der Waals surface area contributed by atoms with Crippen LogP contribution in [-0.2, 0) is 17.1 Å². The van der Waals surface area contributed by atoms with E-state index >= 15 is 0 Å². The van der Waals surface area contributed by atoms with Gasteiger partial charge in [-0.15, -0.1) is 0 Å². The van der Waals surface area contributed by atoms with Gasteiger partial charge in [0.05, 0.1) is 12.1 Å². The Labute approximate surface area is 102 Å². The Hall–Kier alpha value is -0.211. The molecule has 0 aromatic carbocycles. The van der Waals surface area contributed by atoms with Crippen LogP contribution in [-0.4, -0.2) is 6.03 Å². The number of carbonyl (C=O) groups excluding carboxylic acids is 1. The van der Waals surface area contributed by atoms with E-state index in [1.807, 2.05) is 51.4 Å². The molecular formula is C11H10FeN2O+2. The fourth-order valence-corrected chi connectivity index (χ4v) is 1.21. The molecule has 76 valence electrons. The van der Waals surface area contributed by atoms with Crippen LogP contribution in [0.1, 0.15) is 0 Å². The van der Waals surface area contributed by atoms with E-state index in [2.05, 4.69) is 10.6 Å². The molecule has 2 rings (SSSR count). The largest absolute Gasteiger partial charge is 2.00 e. The Morgan fingerprint density at radius 2 is 1.13 bits per heavy atom. The summed E-state index contributed by atoms with van der Waals surface area (Å²) in [5.41, 5.74) is 0. The van der Waals surface area contributed by atoms with Crippen molar-refractivity contribution in [3.63, 3.8) is 0 Å². The van der Waals surface area contributed by atoms with Gasteiger partial charge in [-0.2, -0.15) is 0 Å². The van der Waals surface area contributed by atoms with Gasteiger partial charge in [-0.1, -0.05) is 0 Å². The smallest absolute Gasteiger partial charge is 0.330 e. The third-order valence-electron chi connectivity index (χ3n) is 1.84. The van der Waals surface area contributed by atoms with Gasteiger partial charge in [0.1, 0.15) is 0 Å². The molecule has 0 spiro atoms. The molecule has 2 amide bonds. The predicted octanol–water partition coefficient (Wildman–Crippen LogP) is 1.01. The minimum Gasteiger partial charge on any atom is -0.330 e. The standard InChI is InChI=1S/C11H10N2O.Fe/c14-11(12-9-5-1-2-6-9)13-10-7-3-4-8-10;/h1-8H,(H2,12,13,14);/q;+2. The molecule has 0 aromatic heterocycles. The summed E-state index contributed by atoms with van der Waals surface area (Å²) < 4.78 is 0. The van der Waals surface area contributed by atoms with Gasteiger partial charge in [0, 0.05) is 0 Å². The van der Waals surface area contributed by atoms with Crippen molar-refractivity contribution >= 4 is 6.03 Å². The molecule has 2 aliphatic rings. The Bertz CT molecular complexity index is 179. The molecule has 0 atom stereocenters. The summed E-state index contributed by atoms with van der Waals surface area (Å²) in [6.45, 7) is 0. The maximum atomic E-state index is 11.4. The molecule has 2 aliphatic carbocycles. The maximum Gasteiger partial charge on any atom is 2.00 e. The fourth-order valence-electron chi connectivity index (χ4n) is 1.21. The van der Waals surface area contributed by atoms with E-state index in [-0.39, 0.29) is 23.1 Å². The van der Waals surface area contributed by atoms with Gasteiger partial charge >= 0.3 is 23.1 Å². The normalized spacial score (nSPS) is 22.4. The molecule has 0 aliphatic heterocycles. The molecule has 15 heavy (non-hydrogen) atoms. The van der Waals surface area contributed by atoms with Crippen LogP contribution in [0.5, 0.6) is 0 Å². The SMILES string of the molecule is O=C(N[C]1[CH][CH][CH][CH]1)N[C]1[CH][CH][CH][CH]1.[Fe+2]. The van der Waals surface area contributed by atoms with Crippen molar-refractivity contribution in [3.05, 3.63) is 63.5 Å². The van der Waals surface area contributed by atoms with Crippen molar-refractivity contribution in [2.75, 3.05) is 0 Å². The van der Waals surface area contributed by atoms with Crippen molar-refractivity contribution in [2.24, 2.45) is 0 Å². The molecule has 0 heterocycles. The van der Waals surface area contributed by atoms with Crippen molar-refractivity contribution < 1.29 is 21.9 Å². The van der Waals surface area contributed by atoms with Crippen LogP contribution in [0.2, 0.25) is 0 Å². The average molecular weight is 242 g/mol. The van der Waals surface area contributed by atoms with Crippen LogP contribution in [0.3, 0.4) is 0 Å². The molecule has 0 saturated heterocycles. The molecule has 0 bridgehead atoms. The number of nitrogens with one attached hydrogen (secondary N) is 2. The summed E-state index contributed by atoms with van der Waals surface area (Å²) in [6, 6.07) is 1.38. The fraction of sp³-hybridized carbons (Fsp3) is 0. The Balaban J connectivity index is 0.00000112. The number of urea groups is 1. The molecule has 2 N–H and O–H groups in total. The first-order valence-corrected chi connectivity index (χ1v) is 4.36. The predicted molar refractivity (Wildman–Crippen MR) is 52.6 cm³/mol. The third-order valence-corrected chi connectivity index (χ3v) is 1.84.